The van der Waals surface area contributed by atoms with Gasteiger partial charge >= 0.3 is 5.97 Å². The highest BCUT2D eigenvalue weighted by molar-refractivity contribution is 9.10. The molecule has 0 spiro atoms. The van der Waals surface area contributed by atoms with Gasteiger partial charge in [-0.3, -0.25) is 4.79 Å². The molecule has 0 radical (unpaired) electrons. The van der Waals surface area contributed by atoms with Crippen LogP contribution in [0.15, 0.2) is 35.3 Å². The molecule has 0 aliphatic heterocycles. The first kappa shape index (κ1) is 14.4. The molecule has 0 heterocycles. The maximum Gasteiger partial charge on any atom is 0.336 e. The van der Waals surface area contributed by atoms with Crippen molar-refractivity contribution in [3.05, 3.63) is 40.9 Å². The maximum atomic E-state index is 11.6. The average molecular weight is 313 g/mol. The molecule has 1 aromatic carbocycles. The number of halogens is 1. The second-order valence-corrected chi connectivity index (χ2v) is 4.47. The SMILES string of the molecule is C=CCC(N)C(=O)Nc1ccc(Br)c(C(=O)O)c1. The third-order valence-electron chi connectivity index (χ3n) is 2.22. The van der Waals surface area contributed by atoms with Crippen LogP contribution in [0.1, 0.15) is 16.8 Å². The van der Waals surface area contributed by atoms with E-state index in [1.54, 1.807) is 18.2 Å². The lowest BCUT2D eigenvalue weighted by molar-refractivity contribution is -0.117. The lowest BCUT2D eigenvalue weighted by Crippen LogP contribution is -2.35. The number of carbonyl (C=O) groups excluding carboxylic acids is 1. The molecular weight excluding hydrogens is 300 g/mol. The molecule has 0 saturated heterocycles. The molecule has 1 rings (SSSR count). The number of benzene rings is 1. The molecule has 1 unspecified atom stereocenters. The molecule has 18 heavy (non-hydrogen) atoms. The molecule has 0 bridgehead atoms. The molecule has 1 atom stereocenters. The van der Waals surface area contributed by atoms with Crippen molar-refractivity contribution in [2.75, 3.05) is 5.32 Å². The van der Waals surface area contributed by atoms with E-state index in [2.05, 4.69) is 27.8 Å². The van der Waals surface area contributed by atoms with Gasteiger partial charge in [0.25, 0.3) is 0 Å². The van der Waals surface area contributed by atoms with E-state index in [0.29, 0.717) is 16.6 Å². The second kappa shape index (κ2) is 6.32. The first-order valence-corrected chi connectivity index (χ1v) is 5.95. The van der Waals surface area contributed by atoms with Crippen molar-refractivity contribution >= 4 is 33.5 Å². The predicted molar refractivity (Wildman–Crippen MR) is 72.5 cm³/mol. The smallest absolute Gasteiger partial charge is 0.336 e. The number of carboxylic acid groups (broad SMARTS) is 1. The topological polar surface area (TPSA) is 92.4 Å². The molecule has 1 aromatic rings. The fourth-order valence-electron chi connectivity index (χ4n) is 1.29. The van der Waals surface area contributed by atoms with Crippen LogP contribution in [0.5, 0.6) is 0 Å². The minimum Gasteiger partial charge on any atom is -0.478 e. The molecule has 0 aromatic heterocycles. The highest BCUT2D eigenvalue weighted by Gasteiger charge is 2.14. The molecule has 0 fully saturated rings. The normalized spacial score (nSPS) is 11.7. The Morgan fingerprint density at radius 2 is 2.22 bits per heavy atom. The van der Waals surface area contributed by atoms with E-state index in [0.717, 1.165) is 0 Å². The average Bonchev–Trinajstić information content (AvgIpc) is 2.31. The summed E-state index contributed by atoms with van der Waals surface area (Å²) in [4.78, 5) is 22.5. The molecule has 0 aliphatic carbocycles. The highest BCUT2D eigenvalue weighted by Crippen LogP contribution is 2.21. The predicted octanol–water partition coefficient (Wildman–Crippen LogP) is 1.99. The Morgan fingerprint density at radius 1 is 1.56 bits per heavy atom. The van der Waals surface area contributed by atoms with Crippen LogP contribution in [-0.4, -0.2) is 23.0 Å². The van der Waals surface area contributed by atoms with Gasteiger partial charge in [-0.1, -0.05) is 6.08 Å². The van der Waals surface area contributed by atoms with Crippen molar-refractivity contribution < 1.29 is 14.7 Å². The third kappa shape index (κ3) is 3.68. The van der Waals surface area contributed by atoms with E-state index in [9.17, 15) is 9.59 Å². The summed E-state index contributed by atoms with van der Waals surface area (Å²) in [6.45, 7) is 3.50. The molecule has 0 aliphatic rings. The number of rotatable bonds is 5. The summed E-state index contributed by atoms with van der Waals surface area (Å²) >= 11 is 3.12. The van der Waals surface area contributed by atoms with Gasteiger partial charge in [-0.25, -0.2) is 4.79 Å². The number of aromatic carboxylic acids is 1. The van der Waals surface area contributed by atoms with E-state index in [1.807, 2.05) is 0 Å². The van der Waals surface area contributed by atoms with Gasteiger partial charge in [-0.2, -0.15) is 0 Å². The third-order valence-corrected chi connectivity index (χ3v) is 2.91. The van der Waals surface area contributed by atoms with Gasteiger partial charge in [0, 0.05) is 10.2 Å². The molecule has 6 heteroatoms. The zero-order chi connectivity index (χ0) is 13.7. The molecule has 4 N–H and O–H groups in total. The van der Waals surface area contributed by atoms with Crippen molar-refractivity contribution in [2.24, 2.45) is 5.73 Å². The standard InChI is InChI=1S/C12H13BrN2O3/c1-2-3-10(14)11(16)15-7-4-5-9(13)8(6-7)12(17)18/h2,4-6,10H,1,3,14H2,(H,15,16)(H,17,18). The van der Waals surface area contributed by atoms with Gasteiger partial charge in [-0.15, -0.1) is 6.58 Å². The quantitative estimate of drug-likeness (QED) is 0.725. The van der Waals surface area contributed by atoms with Crippen molar-refractivity contribution in [1.29, 1.82) is 0 Å². The number of amides is 1. The van der Waals surface area contributed by atoms with Crippen LogP contribution in [0.3, 0.4) is 0 Å². The first-order valence-electron chi connectivity index (χ1n) is 5.16. The van der Waals surface area contributed by atoms with E-state index in [-0.39, 0.29) is 11.5 Å². The van der Waals surface area contributed by atoms with Crippen LogP contribution in [0, 0.1) is 0 Å². The molecular formula is C12H13BrN2O3. The Labute approximate surface area is 113 Å². The van der Waals surface area contributed by atoms with Crippen LogP contribution >= 0.6 is 15.9 Å². The Balaban J connectivity index is 2.85. The number of carboxylic acids is 1. The summed E-state index contributed by atoms with van der Waals surface area (Å²) in [6.07, 6.45) is 1.91. The van der Waals surface area contributed by atoms with Crippen LogP contribution in [-0.2, 0) is 4.79 Å². The van der Waals surface area contributed by atoms with Gasteiger partial charge < -0.3 is 16.2 Å². The van der Waals surface area contributed by atoms with Crippen molar-refractivity contribution in [1.82, 2.24) is 0 Å². The van der Waals surface area contributed by atoms with Crippen LogP contribution < -0.4 is 11.1 Å². The zero-order valence-electron chi connectivity index (χ0n) is 9.52. The maximum absolute atomic E-state index is 11.6. The van der Waals surface area contributed by atoms with E-state index in [1.165, 1.54) is 6.07 Å². The van der Waals surface area contributed by atoms with Crippen molar-refractivity contribution in [2.45, 2.75) is 12.5 Å². The summed E-state index contributed by atoms with van der Waals surface area (Å²) in [5, 5.41) is 11.5. The van der Waals surface area contributed by atoms with E-state index >= 15 is 0 Å². The lowest BCUT2D eigenvalue weighted by Gasteiger charge is -2.11. The molecule has 5 nitrogen and oxygen atoms in total. The minimum absolute atomic E-state index is 0.0742. The zero-order valence-corrected chi connectivity index (χ0v) is 11.1. The fraction of sp³-hybridized carbons (Fsp3) is 0.167. The number of nitrogens with one attached hydrogen (secondary N) is 1. The lowest BCUT2D eigenvalue weighted by atomic mass is 10.1. The summed E-state index contributed by atoms with van der Waals surface area (Å²) in [6, 6.07) is 3.82. The Bertz CT molecular complexity index is 488. The highest BCUT2D eigenvalue weighted by atomic mass is 79.9. The van der Waals surface area contributed by atoms with Gasteiger partial charge in [-0.05, 0) is 40.5 Å². The Morgan fingerprint density at radius 3 is 2.78 bits per heavy atom. The number of carbonyl (C=O) groups is 2. The number of anilines is 1. The monoisotopic (exact) mass is 312 g/mol. The first-order chi connectivity index (χ1) is 8.45. The summed E-state index contributed by atoms with van der Waals surface area (Å²) in [7, 11) is 0. The summed E-state index contributed by atoms with van der Waals surface area (Å²) in [5.74, 6) is -1.46. The Hall–Kier alpha value is -1.66. The largest absolute Gasteiger partial charge is 0.478 e. The van der Waals surface area contributed by atoms with E-state index < -0.39 is 12.0 Å². The number of hydrogen-bond donors (Lipinski definition) is 3. The van der Waals surface area contributed by atoms with E-state index in [4.69, 9.17) is 10.8 Å². The van der Waals surface area contributed by atoms with Crippen LogP contribution in [0.2, 0.25) is 0 Å². The molecule has 1 amide bonds. The van der Waals surface area contributed by atoms with Gasteiger partial charge in [0.1, 0.15) is 0 Å². The molecule has 96 valence electrons. The van der Waals surface area contributed by atoms with Crippen molar-refractivity contribution in [3.8, 4) is 0 Å². The number of nitrogens with two attached hydrogens (primary N) is 1. The summed E-state index contributed by atoms with van der Waals surface area (Å²) in [5.41, 5.74) is 6.06. The van der Waals surface area contributed by atoms with Gasteiger partial charge in [0.15, 0.2) is 0 Å². The van der Waals surface area contributed by atoms with Crippen LogP contribution in [0.4, 0.5) is 5.69 Å². The van der Waals surface area contributed by atoms with Gasteiger partial charge in [0.2, 0.25) is 5.91 Å². The second-order valence-electron chi connectivity index (χ2n) is 3.62. The van der Waals surface area contributed by atoms with Crippen molar-refractivity contribution in [3.63, 3.8) is 0 Å². The molecule has 0 saturated carbocycles. The van der Waals surface area contributed by atoms with Gasteiger partial charge in [0.05, 0.1) is 11.6 Å². The fourth-order valence-corrected chi connectivity index (χ4v) is 1.70. The minimum atomic E-state index is -1.08. The van der Waals surface area contributed by atoms with Crippen LogP contribution in [0.25, 0.3) is 0 Å². The summed E-state index contributed by atoms with van der Waals surface area (Å²) < 4.78 is 0.448. The number of hydrogen-bond acceptors (Lipinski definition) is 3. The Kier molecular flexibility index (Phi) is 5.06.